The zero-order valence-electron chi connectivity index (χ0n) is 40.7. The Bertz CT molecular complexity index is 2190. The number of nitrogen functional groups attached to an aromatic ring is 1. The summed E-state index contributed by atoms with van der Waals surface area (Å²) in [5.74, 6) is -1.47. The molecule has 0 bridgehead atoms. The van der Waals surface area contributed by atoms with Crippen molar-refractivity contribution in [1.29, 1.82) is 0 Å². The lowest BCUT2D eigenvalue weighted by Crippen LogP contribution is -2.63. The monoisotopic (exact) mass is 1010 g/mol. The number of anilines is 1. The number of unbranched alkanes of at least 4 members (excludes halogenated alkanes) is 3. The molecular formula is C47H72N14O11. The van der Waals surface area contributed by atoms with Crippen LogP contribution < -0.4 is 50.2 Å². The van der Waals surface area contributed by atoms with Crippen LogP contribution in [-0.2, 0) is 40.0 Å². The minimum atomic E-state index is -1.94. The predicted molar refractivity (Wildman–Crippen MR) is 264 cm³/mol. The molecule has 0 unspecified atom stereocenters. The highest BCUT2D eigenvalue weighted by molar-refractivity contribution is 6.05. The normalized spacial score (nSPS) is 17.4. The van der Waals surface area contributed by atoms with Gasteiger partial charge in [0.15, 0.2) is 5.96 Å². The third-order valence-corrected chi connectivity index (χ3v) is 12.5. The number of phenolic OH excluding ortho intramolecular Hbond substituents is 1. The maximum atomic E-state index is 15.0. The number of aliphatic hydroxyl groups excluding tert-OH is 1. The van der Waals surface area contributed by atoms with Gasteiger partial charge in [0.25, 0.3) is 11.8 Å². The smallest absolute Gasteiger partial charge is 0.326 e. The van der Waals surface area contributed by atoms with Crippen LogP contribution in [0.1, 0.15) is 106 Å². The second-order valence-corrected chi connectivity index (χ2v) is 17.9. The van der Waals surface area contributed by atoms with Crippen molar-refractivity contribution >= 4 is 59.1 Å². The standard InChI is InChI=1S/C47H72N14O11/c1-28(62)39(61(38(64)14-3-2-5-21-48)44(69)34(26-29-15-18-31(63)19-16-29)57-40(65)30-17-20-37(58-52)54-27-30)42(67)55-32(10-4-6-22-49)43(68)60-25-9-13-36(60)45(70)59-24-8-12-35(59)41(66)56-33(46(71)72)11-7-23-53-47(50)51/h15-20,27-28,32-36,39,62-63H,2-14,21-26,48-49,52H2,1H3,(H,54,58)(H,55,67)(H,56,66)(H,57,65)(H,71,72)(H4,50,51,53)/t28-,32+,33+,34+,35+,36+,39+/m1/s1. The summed E-state index contributed by atoms with van der Waals surface area (Å²) in [6.07, 6.45) is 2.60. The fraction of sp³-hybridized carbons (Fsp3) is 0.574. The molecule has 7 atom stereocenters. The van der Waals surface area contributed by atoms with Crippen molar-refractivity contribution in [2.24, 2.45) is 33.8 Å². The number of aliphatic imine (C=N–C) groups is 1. The summed E-state index contributed by atoms with van der Waals surface area (Å²) in [5, 5.41) is 39.1. The van der Waals surface area contributed by atoms with Gasteiger partial charge in [-0.05, 0) is 120 Å². The number of amides is 7. The Morgan fingerprint density at radius 2 is 1.46 bits per heavy atom. The Kier molecular flexibility index (Phi) is 23.0. The van der Waals surface area contributed by atoms with E-state index in [2.05, 4.69) is 31.4 Å². The molecule has 25 heteroatoms. The summed E-state index contributed by atoms with van der Waals surface area (Å²) in [7, 11) is 0. The van der Waals surface area contributed by atoms with Gasteiger partial charge in [0.05, 0.1) is 11.7 Å². The number of nitrogens with zero attached hydrogens (tertiary/aromatic N) is 5. The number of carbonyl (C=O) groups excluding carboxylic acids is 7. The second-order valence-electron chi connectivity index (χ2n) is 17.9. The van der Waals surface area contributed by atoms with Gasteiger partial charge in [-0.25, -0.2) is 15.6 Å². The number of phenols is 1. The predicted octanol–water partition coefficient (Wildman–Crippen LogP) is -1.74. The first-order valence-electron chi connectivity index (χ1n) is 24.4. The molecule has 0 saturated carbocycles. The molecule has 0 spiro atoms. The van der Waals surface area contributed by atoms with Crippen LogP contribution in [0, 0.1) is 0 Å². The summed E-state index contributed by atoms with van der Waals surface area (Å²) < 4.78 is 0. The lowest BCUT2D eigenvalue weighted by Gasteiger charge is -2.36. The number of hydrogen-bond donors (Lipinski definition) is 12. The number of benzene rings is 1. The summed E-state index contributed by atoms with van der Waals surface area (Å²) >= 11 is 0. The van der Waals surface area contributed by atoms with Crippen molar-refractivity contribution in [2.45, 2.75) is 139 Å². The average Bonchev–Trinajstić information content (AvgIpc) is 4.06. The van der Waals surface area contributed by atoms with Gasteiger partial charge in [0, 0.05) is 38.7 Å². The number of aliphatic hydroxyl groups is 1. The fourth-order valence-corrected chi connectivity index (χ4v) is 8.79. The molecule has 2 fully saturated rings. The van der Waals surface area contributed by atoms with Crippen LogP contribution >= 0.6 is 0 Å². The van der Waals surface area contributed by atoms with E-state index in [1.54, 1.807) is 0 Å². The Labute approximate surface area is 418 Å². The highest BCUT2D eigenvalue weighted by atomic mass is 16.4. The summed E-state index contributed by atoms with van der Waals surface area (Å²) in [6, 6.07) is 0.359. The van der Waals surface area contributed by atoms with Crippen molar-refractivity contribution in [1.82, 2.24) is 35.6 Å². The molecule has 1 aromatic heterocycles. The van der Waals surface area contributed by atoms with Crippen LogP contribution in [0.4, 0.5) is 5.82 Å². The molecule has 7 amide bonds. The number of hydrogen-bond acceptors (Lipinski definition) is 16. The molecule has 25 nitrogen and oxygen atoms in total. The molecule has 72 heavy (non-hydrogen) atoms. The molecule has 0 radical (unpaired) electrons. The molecule has 396 valence electrons. The van der Waals surface area contributed by atoms with Gasteiger partial charge in [-0.15, -0.1) is 0 Å². The minimum Gasteiger partial charge on any atom is -0.508 e. The zero-order valence-corrected chi connectivity index (χ0v) is 40.7. The fourth-order valence-electron chi connectivity index (χ4n) is 8.79. The number of nitrogens with two attached hydrogens (primary N) is 5. The van der Waals surface area contributed by atoms with Crippen molar-refractivity contribution < 1.29 is 53.7 Å². The van der Waals surface area contributed by atoms with E-state index in [4.69, 9.17) is 28.8 Å². The number of carbonyl (C=O) groups is 8. The van der Waals surface area contributed by atoms with Crippen molar-refractivity contribution in [3.8, 4) is 5.75 Å². The minimum absolute atomic E-state index is 0.00718. The van der Waals surface area contributed by atoms with Crippen LogP contribution in [0.2, 0.25) is 0 Å². The number of hydrazine groups is 1. The third kappa shape index (κ3) is 16.6. The third-order valence-electron chi connectivity index (χ3n) is 12.5. The van der Waals surface area contributed by atoms with Crippen LogP contribution in [0.25, 0.3) is 0 Å². The maximum Gasteiger partial charge on any atom is 0.326 e. The first-order valence-corrected chi connectivity index (χ1v) is 24.4. The van der Waals surface area contributed by atoms with Crippen molar-refractivity contribution in [3.63, 3.8) is 0 Å². The van der Waals surface area contributed by atoms with Crippen molar-refractivity contribution in [3.05, 3.63) is 53.7 Å². The number of carboxylic acids is 1. The zero-order chi connectivity index (χ0) is 52.9. The van der Waals surface area contributed by atoms with Gasteiger partial charge in [0.1, 0.15) is 47.8 Å². The van der Waals surface area contributed by atoms with E-state index >= 15 is 0 Å². The molecule has 2 aliphatic heterocycles. The number of aliphatic carboxylic acids is 1. The quantitative estimate of drug-likeness (QED) is 0.0148. The lowest BCUT2D eigenvalue weighted by atomic mass is 10.00. The van der Waals surface area contributed by atoms with Gasteiger partial charge in [-0.3, -0.25) is 43.5 Å². The first-order chi connectivity index (χ1) is 34.4. The molecule has 2 aliphatic rings. The molecule has 2 saturated heterocycles. The van der Waals surface area contributed by atoms with E-state index in [1.807, 2.05) is 0 Å². The van der Waals surface area contributed by atoms with Gasteiger partial charge in [-0.1, -0.05) is 18.6 Å². The van der Waals surface area contributed by atoms with E-state index in [9.17, 15) is 53.7 Å². The van der Waals surface area contributed by atoms with Gasteiger partial charge < -0.3 is 69.4 Å². The largest absolute Gasteiger partial charge is 0.508 e. The molecule has 0 aliphatic carbocycles. The highest BCUT2D eigenvalue weighted by Crippen LogP contribution is 2.27. The number of guanidine groups is 1. The number of nitrogens with one attached hydrogen (secondary N) is 4. The molecule has 1 aromatic carbocycles. The molecule has 3 heterocycles. The number of rotatable bonds is 28. The van der Waals surface area contributed by atoms with E-state index in [1.165, 1.54) is 59.3 Å². The number of likely N-dealkylation sites (tertiary alicyclic amines) is 2. The van der Waals surface area contributed by atoms with Gasteiger partial charge in [0.2, 0.25) is 29.5 Å². The molecular weight excluding hydrogens is 937 g/mol. The molecule has 17 N–H and O–H groups in total. The average molecular weight is 1010 g/mol. The number of imide groups is 1. The second kappa shape index (κ2) is 28.8. The Hall–Kier alpha value is -6.96. The maximum absolute atomic E-state index is 15.0. The van der Waals surface area contributed by atoms with Crippen molar-refractivity contribution in [2.75, 3.05) is 38.1 Å². The van der Waals surface area contributed by atoms with Gasteiger partial charge in [-0.2, -0.15) is 0 Å². The number of carboxylic acid groups (broad SMARTS) is 1. The van der Waals surface area contributed by atoms with E-state index in [0.29, 0.717) is 55.5 Å². The number of aromatic nitrogens is 1. The summed E-state index contributed by atoms with van der Waals surface area (Å²) in [6.45, 7) is 2.19. The first kappa shape index (κ1) is 57.6. The summed E-state index contributed by atoms with van der Waals surface area (Å²) in [5.41, 5.74) is 25.0. The van der Waals surface area contributed by atoms with E-state index in [-0.39, 0.29) is 101 Å². The Balaban J connectivity index is 1.64. The topological polar surface area (TPSA) is 410 Å². The van der Waals surface area contributed by atoms with Gasteiger partial charge >= 0.3 is 5.97 Å². The van der Waals surface area contributed by atoms with Crippen LogP contribution in [0.15, 0.2) is 47.6 Å². The number of aromatic hydroxyl groups is 1. The van der Waals surface area contributed by atoms with Crippen LogP contribution in [0.3, 0.4) is 0 Å². The Morgan fingerprint density at radius 1 is 0.806 bits per heavy atom. The van der Waals surface area contributed by atoms with Crippen LogP contribution in [-0.4, -0.2) is 163 Å². The Morgan fingerprint density at radius 3 is 2.07 bits per heavy atom. The SMILES string of the molecule is C[C@@H](O)[C@@H](C(=O)N[C@@H](CCCCN)C(=O)N1CCC[C@H]1C(=O)N1CCC[C@H]1C(=O)N[C@@H](CCCN=C(N)N)C(=O)O)N(C(=O)CCCCCN)C(=O)[C@H](Cc1ccc(O)cc1)NC(=O)c1ccc(NN)nc1. The molecule has 4 rings (SSSR count). The lowest BCUT2D eigenvalue weighted by molar-refractivity contribution is -0.157. The van der Waals surface area contributed by atoms with Crippen LogP contribution in [0.5, 0.6) is 5.75 Å². The van der Waals surface area contributed by atoms with E-state index in [0.717, 1.165) is 0 Å². The summed E-state index contributed by atoms with van der Waals surface area (Å²) in [4.78, 5) is 124. The van der Waals surface area contributed by atoms with E-state index < -0.39 is 89.7 Å². The molecule has 2 aromatic rings. The highest BCUT2D eigenvalue weighted by Gasteiger charge is 2.46. The number of pyridine rings is 1.